The number of sulfonamides is 2. The summed E-state index contributed by atoms with van der Waals surface area (Å²) in [7, 11) is -6.89. The molecule has 0 atom stereocenters. The minimum absolute atomic E-state index is 0.0490. The molecule has 0 fully saturated rings. The van der Waals surface area contributed by atoms with Gasteiger partial charge >= 0.3 is 5.97 Å². The Hall–Kier alpha value is -2.15. The predicted octanol–water partition coefficient (Wildman–Crippen LogP) is 2.76. The first-order chi connectivity index (χ1) is 14.1. The standard InChI is InChI=1S/C18H24N2O7S3/c1-5-20(6-2)30(24,25)13-8-9-15(27-7-3)14(12-13)19-29(22,23)16-10-11-28-17(16)18(21)26-4/h8-12,19H,5-7H2,1-4H3. The zero-order valence-corrected chi connectivity index (χ0v) is 19.5. The molecule has 0 aliphatic carbocycles. The lowest BCUT2D eigenvalue weighted by Crippen LogP contribution is -2.30. The molecule has 2 rings (SSSR count). The molecule has 1 N–H and O–H groups in total. The monoisotopic (exact) mass is 476 g/mol. The van der Waals surface area contributed by atoms with Crippen LogP contribution in [0.2, 0.25) is 0 Å². The molecule has 1 aromatic carbocycles. The van der Waals surface area contributed by atoms with Crippen molar-refractivity contribution in [3.63, 3.8) is 0 Å². The molecule has 12 heteroatoms. The number of carbonyl (C=O) groups is 1. The van der Waals surface area contributed by atoms with Crippen LogP contribution in [0.1, 0.15) is 30.4 Å². The van der Waals surface area contributed by atoms with Crippen LogP contribution in [0.3, 0.4) is 0 Å². The van der Waals surface area contributed by atoms with Crippen molar-refractivity contribution < 1.29 is 31.1 Å². The SMILES string of the molecule is CCOc1ccc(S(=O)(=O)N(CC)CC)cc1NS(=O)(=O)c1ccsc1C(=O)OC. The fourth-order valence-corrected chi connectivity index (χ4v) is 6.58. The maximum Gasteiger partial charge on any atom is 0.349 e. The molecule has 0 saturated heterocycles. The highest BCUT2D eigenvalue weighted by atomic mass is 32.2. The Kier molecular flexibility index (Phi) is 7.86. The number of anilines is 1. The largest absolute Gasteiger partial charge is 0.492 e. The van der Waals surface area contributed by atoms with Crippen LogP contribution in [-0.2, 0) is 24.8 Å². The summed E-state index contributed by atoms with van der Waals surface area (Å²) in [6.07, 6.45) is 0. The molecule has 0 aliphatic rings. The molecule has 0 unspecified atom stereocenters. The molecule has 166 valence electrons. The summed E-state index contributed by atoms with van der Waals surface area (Å²) < 4.78 is 65.2. The maximum atomic E-state index is 12.9. The number of nitrogens with zero attached hydrogens (tertiary/aromatic N) is 1. The number of ether oxygens (including phenoxy) is 2. The lowest BCUT2D eigenvalue weighted by Gasteiger charge is -2.20. The van der Waals surface area contributed by atoms with Crippen LogP contribution >= 0.6 is 11.3 Å². The van der Waals surface area contributed by atoms with E-state index >= 15 is 0 Å². The number of methoxy groups -OCH3 is 1. The van der Waals surface area contributed by atoms with Crippen molar-refractivity contribution in [3.8, 4) is 5.75 Å². The van der Waals surface area contributed by atoms with Gasteiger partial charge in [0.2, 0.25) is 10.0 Å². The summed E-state index contributed by atoms with van der Waals surface area (Å²) >= 11 is 0.924. The zero-order chi connectivity index (χ0) is 22.5. The highest BCUT2D eigenvalue weighted by Gasteiger charge is 2.28. The van der Waals surface area contributed by atoms with Crippen LogP contribution < -0.4 is 9.46 Å². The van der Waals surface area contributed by atoms with E-state index in [0.29, 0.717) is 0 Å². The number of hydrogen-bond acceptors (Lipinski definition) is 8. The molecule has 0 radical (unpaired) electrons. The first-order valence-electron chi connectivity index (χ1n) is 9.07. The zero-order valence-electron chi connectivity index (χ0n) is 17.0. The molecule has 1 heterocycles. The van der Waals surface area contributed by atoms with E-state index in [1.54, 1.807) is 20.8 Å². The second-order valence-corrected chi connectivity index (χ2v) is 10.4. The number of thiophene rings is 1. The van der Waals surface area contributed by atoms with Gasteiger partial charge < -0.3 is 9.47 Å². The van der Waals surface area contributed by atoms with Crippen molar-refractivity contribution in [2.75, 3.05) is 31.5 Å². The Bertz CT molecular complexity index is 1100. The molecular formula is C18H24N2O7S3. The van der Waals surface area contributed by atoms with E-state index in [-0.39, 0.29) is 45.8 Å². The van der Waals surface area contributed by atoms with Gasteiger partial charge in [0.15, 0.2) is 0 Å². The third-order valence-electron chi connectivity index (χ3n) is 4.13. The summed E-state index contributed by atoms with van der Waals surface area (Å²) in [5, 5.41) is 1.45. The average Bonchev–Trinajstić information content (AvgIpc) is 3.20. The van der Waals surface area contributed by atoms with Gasteiger partial charge in [-0.05, 0) is 36.6 Å². The Balaban J connectivity index is 2.55. The minimum atomic E-state index is -4.22. The van der Waals surface area contributed by atoms with Crippen LogP contribution in [0.4, 0.5) is 5.69 Å². The number of esters is 1. The predicted molar refractivity (Wildman–Crippen MR) is 114 cm³/mol. The van der Waals surface area contributed by atoms with E-state index in [1.165, 1.54) is 34.0 Å². The smallest absolute Gasteiger partial charge is 0.349 e. The number of carbonyl (C=O) groups excluding carboxylic acids is 1. The number of benzene rings is 1. The van der Waals surface area contributed by atoms with Gasteiger partial charge in [0.1, 0.15) is 15.5 Å². The van der Waals surface area contributed by atoms with E-state index in [2.05, 4.69) is 9.46 Å². The van der Waals surface area contributed by atoms with E-state index in [0.717, 1.165) is 18.4 Å². The Morgan fingerprint density at radius 2 is 1.77 bits per heavy atom. The van der Waals surface area contributed by atoms with Crippen molar-refractivity contribution in [1.29, 1.82) is 0 Å². The van der Waals surface area contributed by atoms with Crippen LogP contribution in [0.15, 0.2) is 39.4 Å². The third kappa shape index (κ3) is 4.94. The Morgan fingerprint density at radius 1 is 1.10 bits per heavy atom. The quantitative estimate of drug-likeness (QED) is 0.524. The van der Waals surface area contributed by atoms with E-state index in [4.69, 9.17) is 4.74 Å². The molecule has 0 bridgehead atoms. The van der Waals surface area contributed by atoms with Gasteiger partial charge in [0.05, 0.1) is 24.3 Å². The van der Waals surface area contributed by atoms with Gasteiger partial charge in [0, 0.05) is 13.1 Å². The van der Waals surface area contributed by atoms with Crippen molar-refractivity contribution >= 4 is 43.0 Å². The fraction of sp³-hybridized carbons (Fsp3) is 0.389. The molecule has 0 spiro atoms. The van der Waals surface area contributed by atoms with Crippen LogP contribution in [-0.4, -0.2) is 53.9 Å². The maximum absolute atomic E-state index is 12.9. The number of nitrogens with one attached hydrogen (secondary N) is 1. The molecule has 2 aromatic rings. The van der Waals surface area contributed by atoms with Gasteiger partial charge in [0.25, 0.3) is 10.0 Å². The van der Waals surface area contributed by atoms with Crippen molar-refractivity contribution in [2.24, 2.45) is 0 Å². The molecule has 0 amide bonds. The number of hydrogen-bond donors (Lipinski definition) is 1. The molecule has 0 saturated carbocycles. The molecule has 0 aliphatic heterocycles. The van der Waals surface area contributed by atoms with E-state index in [9.17, 15) is 21.6 Å². The van der Waals surface area contributed by atoms with Gasteiger partial charge in [-0.15, -0.1) is 11.3 Å². The summed E-state index contributed by atoms with van der Waals surface area (Å²) in [4.78, 5) is 11.4. The summed E-state index contributed by atoms with van der Waals surface area (Å²) in [5.41, 5.74) is -0.0490. The van der Waals surface area contributed by atoms with Crippen LogP contribution in [0.5, 0.6) is 5.75 Å². The van der Waals surface area contributed by atoms with Gasteiger partial charge in [-0.3, -0.25) is 4.72 Å². The Morgan fingerprint density at radius 3 is 2.33 bits per heavy atom. The lowest BCUT2D eigenvalue weighted by molar-refractivity contribution is 0.0602. The third-order valence-corrected chi connectivity index (χ3v) is 8.61. The Labute approximate surface area is 180 Å². The average molecular weight is 477 g/mol. The first-order valence-corrected chi connectivity index (χ1v) is 12.9. The summed E-state index contributed by atoms with van der Waals surface area (Å²) in [5.74, 6) is -0.623. The summed E-state index contributed by atoms with van der Waals surface area (Å²) in [6, 6.07) is 5.24. The van der Waals surface area contributed by atoms with Crippen molar-refractivity contribution in [3.05, 3.63) is 34.5 Å². The van der Waals surface area contributed by atoms with E-state index in [1.807, 2.05) is 0 Å². The number of rotatable bonds is 10. The summed E-state index contributed by atoms with van der Waals surface area (Å²) in [6.45, 7) is 5.92. The molecule has 30 heavy (non-hydrogen) atoms. The van der Waals surface area contributed by atoms with Crippen LogP contribution in [0.25, 0.3) is 0 Å². The second kappa shape index (κ2) is 9.77. The van der Waals surface area contributed by atoms with Crippen molar-refractivity contribution in [2.45, 2.75) is 30.6 Å². The first kappa shape index (κ1) is 24.1. The van der Waals surface area contributed by atoms with Gasteiger partial charge in [-0.2, -0.15) is 4.31 Å². The highest BCUT2D eigenvalue weighted by Crippen LogP contribution is 2.32. The molecular weight excluding hydrogens is 452 g/mol. The molecule has 1 aromatic heterocycles. The molecule has 9 nitrogen and oxygen atoms in total. The lowest BCUT2D eigenvalue weighted by atomic mass is 10.3. The topological polar surface area (TPSA) is 119 Å². The second-order valence-electron chi connectivity index (χ2n) is 5.89. The van der Waals surface area contributed by atoms with Crippen molar-refractivity contribution in [1.82, 2.24) is 4.31 Å². The normalized spacial score (nSPS) is 12.0. The van der Waals surface area contributed by atoms with Gasteiger partial charge in [-0.25, -0.2) is 21.6 Å². The highest BCUT2D eigenvalue weighted by molar-refractivity contribution is 7.93. The minimum Gasteiger partial charge on any atom is -0.492 e. The van der Waals surface area contributed by atoms with E-state index < -0.39 is 26.0 Å². The van der Waals surface area contributed by atoms with Crippen LogP contribution in [0, 0.1) is 0 Å². The fourth-order valence-electron chi connectivity index (χ4n) is 2.69. The van der Waals surface area contributed by atoms with Gasteiger partial charge in [-0.1, -0.05) is 13.8 Å².